The Morgan fingerprint density at radius 3 is 2.45 bits per heavy atom. The van der Waals surface area contributed by atoms with E-state index in [0.717, 1.165) is 5.56 Å². The molecule has 12 nitrogen and oxygen atoms in total. The third-order valence-corrected chi connectivity index (χ3v) is 9.21. The highest BCUT2D eigenvalue weighted by molar-refractivity contribution is 6.41. The summed E-state index contributed by atoms with van der Waals surface area (Å²) in [5, 5.41) is 7.03. The number of halogens is 2. The van der Waals surface area contributed by atoms with Crippen LogP contribution in [-0.2, 0) is 27.3 Å². The van der Waals surface area contributed by atoms with Gasteiger partial charge in [-0.2, -0.15) is 4.98 Å². The molecule has 4 aromatic rings. The quantitative estimate of drug-likeness (QED) is 0.147. The van der Waals surface area contributed by atoms with Crippen molar-refractivity contribution in [2.45, 2.75) is 25.4 Å². The fraction of sp³-hybridized carbons (Fsp3) is 0.324. The number of fused-ring (bicyclic) bond motifs is 1. The fourth-order valence-corrected chi connectivity index (χ4v) is 6.46. The maximum atomic E-state index is 14.4. The number of benzene rings is 2. The number of aromatic nitrogens is 3. The van der Waals surface area contributed by atoms with Crippen LogP contribution in [0.3, 0.4) is 0 Å². The highest BCUT2D eigenvalue weighted by atomic mass is 35.5. The van der Waals surface area contributed by atoms with Gasteiger partial charge in [-0.15, -0.1) is 0 Å². The molecule has 0 aliphatic carbocycles. The van der Waals surface area contributed by atoms with E-state index >= 15 is 0 Å². The molecule has 268 valence electrons. The average molecular weight is 736 g/mol. The highest BCUT2D eigenvalue weighted by Crippen LogP contribution is 2.45. The number of carbonyl (C=O) groups excluding carboxylic acids is 2. The van der Waals surface area contributed by atoms with Crippen molar-refractivity contribution in [3.8, 4) is 22.6 Å². The number of rotatable bonds is 15. The van der Waals surface area contributed by atoms with Gasteiger partial charge in [-0.05, 0) is 50.4 Å². The van der Waals surface area contributed by atoms with Gasteiger partial charge in [0.1, 0.15) is 17.1 Å². The Hall–Kier alpha value is -4.75. The summed E-state index contributed by atoms with van der Waals surface area (Å²) in [6.45, 7) is 5.25. The van der Waals surface area contributed by atoms with E-state index in [9.17, 15) is 14.4 Å². The van der Waals surface area contributed by atoms with Gasteiger partial charge in [0.25, 0.3) is 5.56 Å². The number of likely N-dealkylation sites (N-methyl/N-ethyl adjacent to an activating group) is 1. The molecule has 0 saturated carbocycles. The minimum atomic E-state index is -0.390. The molecule has 2 N–H and O–H groups in total. The van der Waals surface area contributed by atoms with Crippen molar-refractivity contribution >= 4 is 57.6 Å². The number of aryl methyl sites for hydroxylation is 2. The molecule has 1 fully saturated rings. The molecular weight excluding hydrogens is 695 g/mol. The summed E-state index contributed by atoms with van der Waals surface area (Å²) >= 11 is 13.5. The molecule has 2 aromatic heterocycles. The number of nitrogens with one attached hydrogen (secondary N) is 2. The Bertz CT molecular complexity index is 1990. The SMILES string of the molecule is C=CC(=O)CC1COCC1Nc1ncc2cc(-c3c(Cl)c(OC)cc(OC)c3Cl)c(=O)n(CCc3ccc(NC(=O)/C=C/CN(C)C)cc3)c2n1. The van der Waals surface area contributed by atoms with Crippen LogP contribution in [0.25, 0.3) is 22.2 Å². The van der Waals surface area contributed by atoms with Gasteiger partial charge < -0.3 is 29.7 Å². The van der Waals surface area contributed by atoms with Crippen molar-refractivity contribution in [1.29, 1.82) is 0 Å². The van der Waals surface area contributed by atoms with Gasteiger partial charge in [0.2, 0.25) is 11.9 Å². The number of nitrogens with zero attached hydrogens (tertiary/aromatic N) is 4. The Balaban J connectivity index is 1.51. The molecule has 2 unspecified atom stereocenters. The minimum absolute atomic E-state index is 0.0724. The first-order valence-electron chi connectivity index (χ1n) is 16.2. The van der Waals surface area contributed by atoms with Crippen LogP contribution >= 0.6 is 23.2 Å². The lowest BCUT2D eigenvalue weighted by molar-refractivity contribution is -0.115. The van der Waals surface area contributed by atoms with Gasteiger partial charge in [0, 0.05) is 60.4 Å². The van der Waals surface area contributed by atoms with Crippen LogP contribution in [0.1, 0.15) is 12.0 Å². The maximum absolute atomic E-state index is 14.4. The molecule has 0 spiro atoms. The standard InChI is InChI=1S/C37H40Cl2N6O6/c1-6-26(46)16-24-20-51-21-28(24)42-37-40-19-23-17-27(32-33(38)29(49-4)18-30(50-5)34(32)39)36(48)45(35(23)43-37)15-13-22-9-11-25(12-10-22)41-31(47)8-7-14-44(2)3/h6-12,17-19,24,28H,1,13-16,20-21H2,2-5H3,(H,41,47)(H,40,42,43)/b8-7+. The van der Waals surface area contributed by atoms with Crippen LogP contribution in [-0.4, -0.2) is 85.2 Å². The number of ether oxygens (including phenoxy) is 3. The van der Waals surface area contributed by atoms with Crippen molar-refractivity contribution in [2.75, 3.05) is 58.7 Å². The van der Waals surface area contributed by atoms with Crippen LogP contribution < -0.4 is 25.7 Å². The molecule has 14 heteroatoms. The third kappa shape index (κ3) is 8.95. The van der Waals surface area contributed by atoms with E-state index in [1.54, 1.807) is 29.0 Å². The lowest BCUT2D eigenvalue weighted by Crippen LogP contribution is -2.30. The van der Waals surface area contributed by atoms with Crippen molar-refractivity contribution in [1.82, 2.24) is 19.4 Å². The predicted molar refractivity (Wildman–Crippen MR) is 200 cm³/mol. The second-order valence-corrected chi connectivity index (χ2v) is 13.1. The van der Waals surface area contributed by atoms with Gasteiger partial charge >= 0.3 is 0 Å². The summed E-state index contributed by atoms with van der Waals surface area (Å²) in [7, 11) is 6.78. The summed E-state index contributed by atoms with van der Waals surface area (Å²) in [5.41, 5.74) is 2.03. The Labute approximate surface area is 306 Å². The smallest absolute Gasteiger partial charge is 0.260 e. The lowest BCUT2D eigenvalue weighted by atomic mass is 9.97. The summed E-state index contributed by atoms with van der Waals surface area (Å²) in [5.74, 6) is 0.480. The highest BCUT2D eigenvalue weighted by Gasteiger charge is 2.30. The molecule has 2 aromatic carbocycles. The Kier molecular flexibility index (Phi) is 12.5. The number of anilines is 2. The zero-order valence-corrected chi connectivity index (χ0v) is 30.4. The minimum Gasteiger partial charge on any atom is -0.495 e. The summed E-state index contributed by atoms with van der Waals surface area (Å²) in [6.07, 6.45) is 6.95. The number of amides is 1. The number of hydrogen-bond donors (Lipinski definition) is 2. The first-order valence-corrected chi connectivity index (χ1v) is 17.0. The third-order valence-electron chi connectivity index (χ3n) is 8.46. The van der Waals surface area contributed by atoms with Crippen LogP contribution in [0.15, 0.2) is 72.2 Å². The number of pyridine rings is 1. The van der Waals surface area contributed by atoms with E-state index in [1.165, 1.54) is 26.4 Å². The zero-order valence-electron chi connectivity index (χ0n) is 28.9. The van der Waals surface area contributed by atoms with Crippen LogP contribution in [0.4, 0.5) is 11.6 Å². The predicted octanol–water partition coefficient (Wildman–Crippen LogP) is 5.65. The van der Waals surface area contributed by atoms with Crippen molar-refractivity contribution < 1.29 is 23.8 Å². The summed E-state index contributed by atoms with van der Waals surface area (Å²) < 4.78 is 18.1. The van der Waals surface area contributed by atoms with Gasteiger partial charge in [0.15, 0.2) is 5.78 Å². The zero-order chi connectivity index (χ0) is 36.7. The maximum Gasteiger partial charge on any atom is 0.260 e. The van der Waals surface area contributed by atoms with Crippen LogP contribution in [0.2, 0.25) is 10.0 Å². The molecule has 1 amide bonds. The molecule has 5 rings (SSSR count). The van der Waals surface area contributed by atoms with E-state index in [-0.39, 0.29) is 63.7 Å². The average Bonchev–Trinajstić information content (AvgIpc) is 3.54. The molecule has 0 radical (unpaired) electrons. The van der Waals surface area contributed by atoms with Crippen molar-refractivity contribution in [2.24, 2.45) is 5.92 Å². The topological polar surface area (TPSA) is 137 Å². The fourth-order valence-electron chi connectivity index (χ4n) is 5.75. The molecular formula is C37H40Cl2N6O6. The van der Waals surface area contributed by atoms with Crippen molar-refractivity contribution in [3.05, 3.63) is 93.4 Å². The first kappa shape index (κ1) is 37.5. The van der Waals surface area contributed by atoms with Gasteiger partial charge in [-0.25, -0.2) is 4.98 Å². The number of ketones is 1. The molecule has 2 atom stereocenters. The summed E-state index contributed by atoms with van der Waals surface area (Å²) in [6, 6.07) is 10.4. The van der Waals surface area contributed by atoms with E-state index in [1.807, 2.05) is 43.3 Å². The monoisotopic (exact) mass is 734 g/mol. The van der Waals surface area contributed by atoms with E-state index in [4.69, 9.17) is 42.4 Å². The Morgan fingerprint density at radius 1 is 1.10 bits per heavy atom. The van der Waals surface area contributed by atoms with Gasteiger partial charge in [-0.3, -0.25) is 19.0 Å². The Morgan fingerprint density at radius 2 is 1.80 bits per heavy atom. The number of carbonyl (C=O) groups is 2. The normalized spacial score (nSPS) is 15.7. The summed E-state index contributed by atoms with van der Waals surface area (Å²) in [4.78, 5) is 50.1. The van der Waals surface area contributed by atoms with Crippen molar-refractivity contribution in [3.63, 3.8) is 0 Å². The van der Waals surface area contributed by atoms with Gasteiger partial charge in [-0.1, -0.05) is 48.0 Å². The van der Waals surface area contributed by atoms with E-state index in [0.29, 0.717) is 54.4 Å². The molecule has 51 heavy (non-hydrogen) atoms. The van der Waals surface area contributed by atoms with Crippen LogP contribution in [0, 0.1) is 5.92 Å². The number of hydrogen-bond acceptors (Lipinski definition) is 10. The van der Waals surface area contributed by atoms with E-state index in [2.05, 4.69) is 22.2 Å². The van der Waals surface area contributed by atoms with Gasteiger partial charge in [0.05, 0.1) is 49.1 Å². The van der Waals surface area contributed by atoms with E-state index < -0.39 is 5.56 Å². The molecule has 1 saturated heterocycles. The molecule has 3 heterocycles. The molecule has 1 aliphatic heterocycles. The molecule has 1 aliphatic rings. The lowest BCUT2D eigenvalue weighted by Gasteiger charge is -2.19. The largest absolute Gasteiger partial charge is 0.495 e. The first-order chi connectivity index (χ1) is 24.5. The number of allylic oxidation sites excluding steroid dienone is 1. The molecule has 0 bridgehead atoms. The number of methoxy groups -OCH3 is 2. The second-order valence-electron chi connectivity index (χ2n) is 12.3. The second kappa shape index (κ2) is 17.0. The van der Waals surface area contributed by atoms with Crippen LogP contribution in [0.5, 0.6) is 11.5 Å².